The zero-order valence-corrected chi connectivity index (χ0v) is 13.6. The summed E-state index contributed by atoms with van der Waals surface area (Å²) in [6.07, 6.45) is 1.81. The zero-order valence-electron chi connectivity index (χ0n) is 13.6. The van der Waals surface area contributed by atoms with Crippen molar-refractivity contribution in [2.45, 2.75) is 19.2 Å². The molecule has 1 unspecified atom stereocenters. The van der Waals surface area contributed by atoms with Gasteiger partial charge in [-0.1, -0.05) is 18.2 Å². The molecule has 0 aliphatic carbocycles. The monoisotopic (exact) mass is 324 g/mol. The summed E-state index contributed by atoms with van der Waals surface area (Å²) in [5.74, 6) is 1.85. The molecule has 24 heavy (non-hydrogen) atoms. The number of methoxy groups -OCH3 is 1. The first-order valence-corrected chi connectivity index (χ1v) is 8.09. The van der Waals surface area contributed by atoms with Crippen molar-refractivity contribution >= 4 is 11.2 Å². The number of fused-ring (bicyclic) bond motifs is 3. The van der Waals surface area contributed by atoms with Crippen LogP contribution in [0.3, 0.4) is 0 Å². The zero-order chi connectivity index (χ0) is 16.4. The predicted molar refractivity (Wildman–Crippen MR) is 90.9 cm³/mol. The summed E-state index contributed by atoms with van der Waals surface area (Å²) in [6, 6.07) is 12.1. The highest BCUT2D eigenvalue weighted by molar-refractivity contribution is 5.71. The molecule has 1 aliphatic heterocycles. The molecule has 6 heteroatoms. The van der Waals surface area contributed by atoms with E-state index in [1.54, 1.807) is 7.11 Å². The minimum Gasteiger partial charge on any atom is -0.496 e. The quantitative estimate of drug-likeness (QED) is 0.780. The summed E-state index contributed by atoms with van der Waals surface area (Å²) in [7, 11) is 1.70. The van der Waals surface area contributed by atoms with Gasteiger partial charge in [0.2, 0.25) is 0 Å². The molecule has 1 N–H and O–H groups in total. The fourth-order valence-corrected chi connectivity index (χ4v) is 3.20. The molecule has 3 aromatic rings. The van der Waals surface area contributed by atoms with Gasteiger partial charge in [0.1, 0.15) is 23.7 Å². The van der Waals surface area contributed by atoms with Crippen molar-refractivity contribution in [3.8, 4) is 5.75 Å². The number of nitrogens with one attached hydrogen (secondary N) is 1. The van der Waals surface area contributed by atoms with E-state index in [0.29, 0.717) is 13.2 Å². The molecule has 2 aromatic heterocycles. The summed E-state index contributed by atoms with van der Waals surface area (Å²) in [4.78, 5) is 9.12. The molecular formula is C18H20N4O2. The lowest BCUT2D eigenvalue weighted by molar-refractivity contribution is 0.0561. The number of rotatable bonds is 5. The van der Waals surface area contributed by atoms with E-state index in [1.165, 1.54) is 0 Å². The Morgan fingerprint density at radius 1 is 1.29 bits per heavy atom. The Balaban J connectivity index is 1.51. The highest BCUT2D eigenvalue weighted by atomic mass is 16.5. The Labute approximate surface area is 140 Å². The van der Waals surface area contributed by atoms with Gasteiger partial charge in [-0.15, -0.1) is 0 Å². The van der Waals surface area contributed by atoms with Crippen LogP contribution >= 0.6 is 0 Å². The molecule has 0 saturated heterocycles. The fourth-order valence-electron chi connectivity index (χ4n) is 3.20. The number of hydrogen-bond acceptors (Lipinski definition) is 5. The van der Waals surface area contributed by atoms with Crippen molar-refractivity contribution in [3.05, 3.63) is 54.0 Å². The van der Waals surface area contributed by atoms with Gasteiger partial charge < -0.3 is 19.4 Å². The van der Waals surface area contributed by atoms with Crippen LogP contribution in [0.2, 0.25) is 0 Å². The lowest BCUT2D eigenvalue weighted by Crippen LogP contribution is -2.32. The Kier molecular flexibility index (Phi) is 4.15. The van der Waals surface area contributed by atoms with Gasteiger partial charge in [-0.05, 0) is 18.2 Å². The first-order valence-electron chi connectivity index (χ1n) is 8.09. The largest absolute Gasteiger partial charge is 0.496 e. The molecule has 0 bridgehead atoms. The van der Waals surface area contributed by atoms with Gasteiger partial charge in [0.15, 0.2) is 5.65 Å². The van der Waals surface area contributed by atoms with Crippen molar-refractivity contribution < 1.29 is 9.47 Å². The van der Waals surface area contributed by atoms with Crippen molar-refractivity contribution in [1.29, 1.82) is 0 Å². The van der Waals surface area contributed by atoms with Crippen LogP contribution < -0.4 is 10.1 Å². The maximum absolute atomic E-state index is 5.71. The minimum atomic E-state index is 0.184. The number of pyridine rings is 1. The van der Waals surface area contributed by atoms with E-state index in [2.05, 4.69) is 25.9 Å². The van der Waals surface area contributed by atoms with Gasteiger partial charge >= 0.3 is 0 Å². The molecule has 4 rings (SSSR count). The van der Waals surface area contributed by atoms with Gasteiger partial charge in [-0.25, -0.2) is 9.97 Å². The second kappa shape index (κ2) is 6.59. The van der Waals surface area contributed by atoms with Crippen molar-refractivity contribution in [2.75, 3.05) is 20.3 Å². The third-order valence-electron chi connectivity index (χ3n) is 4.32. The maximum atomic E-state index is 5.71. The third-order valence-corrected chi connectivity index (χ3v) is 4.32. The number of para-hydroxylation sites is 1. The average Bonchev–Trinajstić information content (AvgIpc) is 3.01. The molecular weight excluding hydrogens is 304 g/mol. The fraction of sp³-hybridized carbons (Fsp3) is 0.333. The molecule has 0 amide bonds. The van der Waals surface area contributed by atoms with Gasteiger partial charge in [0.25, 0.3) is 0 Å². The lowest BCUT2D eigenvalue weighted by Gasteiger charge is -2.26. The van der Waals surface area contributed by atoms with E-state index >= 15 is 0 Å². The second-order valence-electron chi connectivity index (χ2n) is 5.86. The van der Waals surface area contributed by atoms with Gasteiger partial charge in [0.05, 0.1) is 19.8 Å². The Morgan fingerprint density at radius 3 is 3.12 bits per heavy atom. The number of nitrogens with zero attached hydrogens (tertiary/aromatic N) is 3. The molecule has 0 radical (unpaired) electrons. The maximum Gasteiger partial charge on any atom is 0.160 e. The van der Waals surface area contributed by atoms with Gasteiger partial charge in [-0.2, -0.15) is 0 Å². The van der Waals surface area contributed by atoms with Crippen LogP contribution in [0.15, 0.2) is 42.6 Å². The summed E-state index contributed by atoms with van der Waals surface area (Å²) in [6.45, 7) is 2.73. The van der Waals surface area contributed by atoms with Crippen LogP contribution in [-0.2, 0) is 17.9 Å². The molecule has 0 spiro atoms. The second-order valence-corrected chi connectivity index (χ2v) is 5.86. The van der Waals surface area contributed by atoms with E-state index in [9.17, 15) is 0 Å². The molecule has 6 nitrogen and oxygen atoms in total. The Hall–Kier alpha value is -2.44. The van der Waals surface area contributed by atoms with E-state index in [-0.39, 0.29) is 6.04 Å². The molecule has 0 saturated carbocycles. The number of ether oxygens (including phenoxy) is 2. The van der Waals surface area contributed by atoms with Crippen molar-refractivity contribution in [1.82, 2.24) is 19.9 Å². The van der Waals surface area contributed by atoms with Crippen LogP contribution in [0, 0.1) is 0 Å². The summed E-state index contributed by atoms with van der Waals surface area (Å²) < 4.78 is 13.3. The average molecular weight is 324 g/mol. The smallest absolute Gasteiger partial charge is 0.160 e. The van der Waals surface area contributed by atoms with Gasteiger partial charge in [-0.3, -0.25) is 0 Å². The van der Waals surface area contributed by atoms with Crippen molar-refractivity contribution in [3.63, 3.8) is 0 Å². The molecule has 0 fully saturated rings. The minimum absolute atomic E-state index is 0.184. The standard InChI is InChI=1S/C18H20N4O2/c1-23-16-7-3-2-5-13(16)9-19-10-14-11-24-12-17-21-15-6-4-8-20-18(15)22(14)17/h2-8,14,19H,9-12H2,1H3. The highest BCUT2D eigenvalue weighted by Crippen LogP contribution is 2.24. The van der Waals surface area contributed by atoms with Crippen molar-refractivity contribution in [2.24, 2.45) is 0 Å². The number of hydrogen-bond donors (Lipinski definition) is 1. The number of imidazole rings is 1. The van der Waals surface area contributed by atoms with E-state index < -0.39 is 0 Å². The number of benzene rings is 1. The topological polar surface area (TPSA) is 61.2 Å². The number of aromatic nitrogens is 3. The van der Waals surface area contributed by atoms with Crippen LogP contribution in [0.5, 0.6) is 5.75 Å². The van der Waals surface area contributed by atoms with E-state index in [0.717, 1.165) is 41.4 Å². The SMILES string of the molecule is COc1ccccc1CNCC1COCc2nc3cccnc3n21. The summed E-state index contributed by atoms with van der Waals surface area (Å²) in [5, 5.41) is 3.51. The van der Waals surface area contributed by atoms with Crippen LogP contribution in [0.4, 0.5) is 0 Å². The molecule has 1 aliphatic rings. The molecule has 1 aromatic carbocycles. The van der Waals surface area contributed by atoms with Gasteiger partial charge in [0, 0.05) is 24.8 Å². The highest BCUT2D eigenvalue weighted by Gasteiger charge is 2.24. The van der Waals surface area contributed by atoms with Crippen LogP contribution in [0.25, 0.3) is 11.2 Å². The molecule has 3 heterocycles. The third kappa shape index (κ3) is 2.74. The van der Waals surface area contributed by atoms with Crippen LogP contribution in [0.1, 0.15) is 17.4 Å². The summed E-state index contributed by atoms with van der Waals surface area (Å²) >= 11 is 0. The first-order chi connectivity index (χ1) is 11.9. The van der Waals surface area contributed by atoms with E-state index in [4.69, 9.17) is 9.47 Å². The van der Waals surface area contributed by atoms with Crippen LogP contribution in [-0.4, -0.2) is 34.8 Å². The summed E-state index contributed by atoms with van der Waals surface area (Å²) in [5.41, 5.74) is 3.00. The molecule has 1 atom stereocenters. The molecule has 124 valence electrons. The Morgan fingerprint density at radius 2 is 2.21 bits per heavy atom. The Bertz CT molecular complexity index is 846. The normalized spacial score (nSPS) is 17.0. The predicted octanol–water partition coefficient (Wildman–Crippen LogP) is 2.30. The first kappa shape index (κ1) is 15.1. The van der Waals surface area contributed by atoms with E-state index in [1.807, 2.05) is 36.5 Å². The lowest BCUT2D eigenvalue weighted by atomic mass is 10.2.